The van der Waals surface area contributed by atoms with Gasteiger partial charge in [0.25, 0.3) is 0 Å². The van der Waals surface area contributed by atoms with Gasteiger partial charge in [-0.1, -0.05) is 36.0 Å². The van der Waals surface area contributed by atoms with Gasteiger partial charge in [-0.2, -0.15) is 0 Å². The van der Waals surface area contributed by atoms with Crippen LogP contribution in [0.1, 0.15) is 5.56 Å². The van der Waals surface area contributed by atoms with Gasteiger partial charge in [-0.3, -0.25) is 19.3 Å². The van der Waals surface area contributed by atoms with Gasteiger partial charge in [0.15, 0.2) is 10.9 Å². The number of rotatable bonds is 6. The molecule has 5 rings (SSSR count). The summed E-state index contributed by atoms with van der Waals surface area (Å²) >= 11 is 1.30. The van der Waals surface area contributed by atoms with E-state index >= 15 is 0 Å². The molecule has 2 aromatic heterocycles. The van der Waals surface area contributed by atoms with Crippen molar-refractivity contribution >= 4 is 56.6 Å². The standard InChI is InChI=1S/C24H19N5O4S/c1-14-11-20(29(31)32)21(33-2)12-18(14)25-22(30)13-34-24-27-16-8-4-3-7-15(16)23-26-17-9-5-6-10-19(17)28(23)24/h3-12H,13H2,1-2H3,(H,25,30). The molecule has 1 N–H and O–H groups in total. The maximum absolute atomic E-state index is 12.8. The van der Waals surface area contributed by atoms with Gasteiger partial charge in [-0.15, -0.1) is 0 Å². The molecule has 0 bridgehead atoms. The first kappa shape index (κ1) is 21.7. The smallest absolute Gasteiger partial charge is 0.311 e. The minimum Gasteiger partial charge on any atom is -0.490 e. The Labute approximate surface area is 197 Å². The van der Waals surface area contributed by atoms with Crippen molar-refractivity contribution in [2.45, 2.75) is 12.1 Å². The van der Waals surface area contributed by atoms with E-state index in [-0.39, 0.29) is 23.1 Å². The van der Waals surface area contributed by atoms with Crippen LogP contribution < -0.4 is 10.1 Å². The SMILES string of the molecule is COc1cc(NC(=O)CSc2nc3ccccc3c3nc4ccccc4n23)c(C)cc1[N+](=O)[O-]. The predicted octanol–water partition coefficient (Wildman–Crippen LogP) is 4.99. The summed E-state index contributed by atoms with van der Waals surface area (Å²) in [6, 6.07) is 18.4. The monoisotopic (exact) mass is 473 g/mol. The number of nitro groups is 1. The molecule has 3 aromatic carbocycles. The van der Waals surface area contributed by atoms with Crippen molar-refractivity contribution in [1.82, 2.24) is 14.4 Å². The number of benzene rings is 3. The van der Waals surface area contributed by atoms with Crippen LogP contribution in [0.15, 0.2) is 65.8 Å². The van der Waals surface area contributed by atoms with Crippen LogP contribution in [0.25, 0.3) is 27.6 Å². The number of aryl methyl sites for hydroxylation is 1. The third kappa shape index (κ3) is 3.77. The molecule has 0 fully saturated rings. The fourth-order valence-electron chi connectivity index (χ4n) is 3.84. The summed E-state index contributed by atoms with van der Waals surface area (Å²) in [5.41, 5.74) is 4.21. The largest absolute Gasteiger partial charge is 0.490 e. The Kier molecular flexibility index (Phi) is 5.50. The molecule has 0 aliphatic carbocycles. The van der Waals surface area contributed by atoms with Crippen molar-refractivity contribution in [1.29, 1.82) is 0 Å². The van der Waals surface area contributed by atoms with Crippen molar-refractivity contribution in [3.63, 3.8) is 0 Å². The number of carbonyl (C=O) groups is 1. The van der Waals surface area contributed by atoms with Crippen molar-refractivity contribution < 1.29 is 14.5 Å². The van der Waals surface area contributed by atoms with E-state index < -0.39 is 4.92 Å². The highest BCUT2D eigenvalue weighted by Gasteiger charge is 2.19. The number of carbonyl (C=O) groups excluding carboxylic acids is 1. The fraction of sp³-hybridized carbons (Fsp3) is 0.125. The van der Waals surface area contributed by atoms with Gasteiger partial charge in [-0.25, -0.2) is 9.97 Å². The lowest BCUT2D eigenvalue weighted by Crippen LogP contribution is -2.15. The Morgan fingerprint density at radius 1 is 1.12 bits per heavy atom. The maximum Gasteiger partial charge on any atom is 0.311 e. The van der Waals surface area contributed by atoms with Gasteiger partial charge >= 0.3 is 5.69 Å². The number of ether oxygens (including phenoxy) is 1. The van der Waals surface area contributed by atoms with E-state index in [0.717, 1.165) is 27.6 Å². The molecule has 0 spiro atoms. The lowest BCUT2D eigenvalue weighted by molar-refractivity contribution is -0.385. The Bertz CT molecular complexity index is 1600. The molecular weight excluding hydrogens is 454 g/mol. The number of aromatic nitrogens is 3. The highest BCUT2D eigenvalue weighted by molar-refractivity contribution is 7.99. The molecule has 0 saturated carbocycles. The second-order valence-corrected chi connectivity index (χ2v) is 8.55. The van der Waals surface area contributed by atoms with Crippen molar-refractivity contribution in [3.05, 3.63) is 76.3 Å². The average molecular weight is 474 g/mol. The molecule has 0 unspecified atom stereocenters. The summed E-state index contributed by atoms with van der Waals surface area (Å²) in [6.07, 6.45) is 0. The van der Waals surface area contributed by atoms with Crippen LogP contribution in [0.5, 0.6) is 5.75 Å². The summed E-state index contributed by atoms with van der Waals surface area (Å²) in [4.78, 5) is 33.1. The Hall–Kier alpha value is -4.18. The lowest BCUT2D eigenvalue weighted by Gasteiger charge is -2.11. The predicted molar refractivity (Wildman–Crippen MR) is 132 cm³/mol. The number of imidazole rings is 1. The molecule has 9 nitrogen and oxygen atoms in total. The van der Waals surface area contributed by atoms with E-state index in [1.54, 1.807) is 6.92 Å². The molecule has 0 aliphatic rings. The fourth-order valence-corrected chi connectivity index (χ4v) is 4.65. The number of nitrogens with zero attached hydrogens (tertiary/aromatic N) is 4. The number of para-hydroxylation sites is 3. The highest BCUT2D eigenvalue weighted by atomic mass is 32.2. The molecule has 1 amide bonds. The van der Waals surface area contributed by atoms with Crippen LogP contribution in [0.4, 0.5) is 11.4 Å². The summed E-state index contributed by atoms with van der Waals surface area (Å²) in [5, 5.41) is 15.6. The van der Waals surface area contributed by atoms with Crippen LogP contribution in [0.3, 0.4) is 0 Å². The van der Waals surface area contributed by atoms with Crippen molar-refractivity contribution in [2.24, 2.45) is 0 Å². The van der Waals surface area contributed by atoms with Gasteiger partial charge in [-0.05, 0) is 36.8 Å². The number of anilines is 1. The highest BCUT2D eigenvalue weighted by Crippen LogP contribution is 2.33. The van der Waals surface area contributed by atoms with E-state index in [1.807, 2.05) is 52.9 Å². The second kappa shape index (κ2) is 8.64. The third-order valence-electron chi connectivity index (χ3n) is 5.44. The number of hydrogen-bond donors (Lipinski definition) is 1. The third-order valence-corrected chi connectivity index (χ3v) is 6.38. The topological polar surface area (TPSA) is 112 Å². The van der Waals surface area contributed by atoms with Crippen LogP contribution in [0, 0.1) is 17.0 Å². The van der Waals surface area contributed by atoms with Crippen LogP contribution in [-0.4, -0.2) is 38.1 Å². The summed E-state index contributed by atoms with van der Waals surface area (Å²) in [5.74, 6) is -0.0935. The second-order valence-electron chi connectivity index (χ2n) is 7.60. The molecule has 34 heavy (non-hydrogen) atoms. The molecular formula is C24H19N5O4S. The van der Waals surface area contributed by atoms with Gasteiger partial charge in [0.05, 0.1) is 34.3 Å². The molecule has 10 heteroatoms. The molecule has 0 atom stereocenters. The summed E-state index contributed by atoms with van der Waals surface area (Å²) < 4.78 is 7.08. The minimum atomic E-state index is -0.515. The molecule has 2 heterocycles. The molecule has 0 radical (unpaired) electrons. The first-order chi connectivity index (χ1) is 16.5. The Balaban J connectivity index is 1.46. The lowest BCUT2D eigenvalue weighted by atomic mass is 10.1. The van der Waals surface area contributed by atoms with Crippen LogP contribution in [0.2, 0.25) is 0 Å². The Morgan fingerprint density at radius 2 is 1.85 bits per heavy atom. The van der Waals surface area contributed by atoms with E-state index in [0.29, 0.717) is 16.4 Å². The Morgan fingerprint density at radius 3 is 2.62 bits per heavy atom. The number of methoxy groups -OCH3 is 1. The van der Waals surface area contributed by atoms with E-state index in [2.05, 4.69) is 5.32 Å². The van der Waals surface area contributed by atoms with Crippen LogP contribution in [-0.2, 0) is 4.79 Å². The zero-order valence-corrected chi connectivity index (χ0v) is 19.1. The summed E-state index contributed by atoms with van der Waals surface area (Å²) in [6.45, 7) is 1.70. The number of nitro benzene ring substituents is 1. The number of fused-ring (bicyclic) bond motifs is 5. The number of amides is 1. The maximum atomic E-state index is 12.8. The zero-order chi connectivity index (χ0) is 23.8. The number of nitrogens with one attached hydrogen (secondary N) is 1. The van der Waals surface area contributed by atoms with Gasteiger partial charge in [0, 0.05) is 23.2 Å². The van der Waals surface area contributed by atoms with Gasteiger partial charge in [0.2, 0.25) is 5.91 Å². The van der Waals surface area contributed by atoms with Gasteiger partial charge < -0.3 is 10.1 Å². The molecule has 0 saturated heterocycles. The number of hydrogen-bond acceptors (Lipinski definition) is 7. The van der Waals surface area contributed by atoms with Crippen molar-refractivity contribution in [3.8, 4) is 5.75 Å². The number of thioether (sulfide) groups is 1. The zero-order valence-electron chi connectivity index (χ0n) is 18.3. The molecule has 5 aromatic rings. The first-order valence-corrected chi connectivity index (χ1v) is 11.4. The quantitative estimate of drug-likeness (QED) is 0.160. The van der Waals surface area contributed by atoms with E-state index in [1.165, 1.54) is 31.0 Å². The first-order valence-electron chi connectivity index (χ1n) is 10.4. The van der Waals surface area contributed by atoms with Crippen LogP contribution >= 0.6 is 11.8 Å². The van der Waals surface area contributed by atoms with E-state index in [4.69, 9.17) is 14.7 Å². The molecule has 0 aliphatic heterocycles. The minimum absolute atomic E-state index is 0.0846. The van der Waals surface area contributed by atoms with E-state index in [9.17, 15) is 14.9 Å². The average Bonchev–Trinajstić information content (AvgIpc) is 3.23. The normalized spacial score (nSPS) is 11.2. The summed E-state index contributed by atoms with van der Waals surface area (Å²) in [7, 11) is 1.35. The van der Waals surface area contributed by atoms with Crippen molar-refractivity contribution in [2.75, 3.05) is 18.2 Å². The molecule has 170 valence electrons. The van der Waals surface area contributed by atoms with Gasteiger partial charge in [0.1, 0.15) is 5.65 Å².